The first kappa shape index (κ1) is 21.8. The van der Waals surface area contributed by atoms with Gasteiger partial charge in [-0.25, -0.2) is 0 Å². The van der Waals surface area contributed by atoms with Gasteiger partial charge in [-0.3, -0.25) is 0 Å². The van der Waals surface area contributed by atoms with Crippen molar-refractivity contribution in [3.05, 3.63) is 0 Å². The summed E-state index contributed by atoms with van der Waals surface area (Å²) < 4.78 is 0. The maximum atomic E-state index is 4.00. The van der Waals surface area contributed by atoms with Gasteiger partial charge >= 0.3 is 37.7 Å². The zero-order valence-electron chi connectivity index (χ0n) is 1.15. The van der Waals surface area contributed by atoms with Crippen molar-refractivity contribution in [2.75, 3.05) is 0 Å². The number of rotatable bonds is 0. The van der Waals surface area contributed by atoms with Gasteiger partial charge in [0.2, 0.25) is 0 Å². The van der Waals surface area contributed by atoms with E-state index in [9.17, 15) is 0 Å². The zero-order chi connectivity index (χ0) is 2.00. The molecule has 0 saturated carbocycles. The minimum atomic E-state index is 0. The third kappa shape index (κ3) is 14.9. The molecular weight excluding hydrogens is 37.9 g/mol. The van der Waals surface area contributed by atoms with E-state index >= 15 is 0 Å². The van der Waals surface area contributed by atoms with E-state index < -0.39 is 0 Å². The van der Waals surface area contributed by atoms with Crippen LogP contribution in [0.3, 0.4) is 0 Å². The average molecular weight is 41.9 g/mol. The quantitative estimate of drug-likeness (QED) is 0.240. The molecule has 0 heterocycles. The Kier molecular flexibility index (Phi) is 272. The molecule has 0 aromatic rings. The Morgan fingerprint density at radius 2 is 0.750 bits per heavy atom. The van der Waals surface area contributed by atoms with Gasteiger partial charge in [-0.15, -0.1) is 12.8 Å². The predicted octanol–water partition coefficient (Wildman–Crippen LogP) is -1.05. The maximum absolute atomic E-state index is 4.00. The minimum absolute atomic E-state index is 0. The molecule has 0 rings (SSSR count). The molecule has 0 unspecified atom stereocenters. The Bertz CT molecular complexity index is 8.75. The summed E-state index contributed by atoms with van der Waals surface area (Å²) in [6.45, 7) is 0. The Morgan fingerprint density at radius 3 is 0.750 bits per heavy atom. The van der Waals surface area contributed by atoms with Gasteiger partial charge in [0.1, 0.15) is 0 Å². The van der Waals surface area contributed by atoms with Gasteiger partial charge in [-0.05, 0) is 0 Å². The number of hydrogen-bond donors (Lipinski definition) is 0. The summed E-state index contributed by atoms with van der Waals surface area (Å²) in [6, 6.07) is 0. The summed E-state index contributed by atoms with van der Waals surface area (Å²) in [7, 11) is 0. The molecule has 0 aromatic heterocycles. The van der Waals surface area contributed by atoms with E-state index in [4.69, 9.17) is 0 Å². The van der Waals surface area contributed by atoms with Gasteiger partial charge in [0, 0.05) is 0 Å². The average Bonchev–Trinajstić information content (AvgIpc) is 1.00. The summed E-state index contributed by atoms with van der Waals surface area (Å²) in [5, 5.41) is 0. The normalized spacial score (nSPS) is 0.500. The molecule has 0 spiro atoms. The van der Waals surface area contributed by atoms with Crippen LogP contribution in [0.1, 0.15) is 0 Å². The van der Waals surface area contributed by atoms with Crippen LogP contribution in [0, 0.1) is 12.8 Å². The molecule has 0 aliphatic carbocycles. The fourth-order valence-corrected chi connectivity index (χ4v) is 0. The van der Waals surface area contributed by atoms with Crippen molar-refractivity contribution >= 4 is 37.7 Å². The van der Waals surface area contributed by atoms with Crippen molar-refractivity contribution in [2.24, 2.45) is 0 Å². The first-order valence-electron chi connectivity index (χ1n) is 0.333. The molecule has 0 aromatic carbocycles. The van der Waals surface area contributed by atoms with Crippen LogP contribution >= 0.6 is 0 Å². The Labute approximate surface area is 50.7 Å². The van der Waals surface area contributed by atoms with Gasteiger partial charge in [0.15, 0.2) is 0 Å². The Morgan fingerprint density at radius 1 is 0.750 bits per heavy atom. The molecule has 14 valence electrons. The van der Waals surface area contributed by atoms with E-state index in [1.807, 2.05) is 0 Å². The monoisotopic (exact) mass is 42.1 g/mol. The second-order valence-electron chi connectivity index (χ2n) is 0. The second kappa shape index (κ2) is 50.0. The van der Waals surface area contributed by atoms with Crippen LogP contribution in [0.4, 0.5) is 0 Å². The molecule has 0 atom stereocenters. The van der Waals surface area contributed by atoms with E-state index in [-0.39, 0.29) is 37.7 Å². The van der Waals surface area contributed by atoms with Crippen molar-refractivity contribution < 1.29 is 0 Å². The van der Waals surface area contributed by atoms with E-state index in [2.05, 4.69) is 12.8 Å². The molecule has 0 saturated heterocycles. The van der Waals surface area contributed by atoms with Crippen molar-refractivity contribution in [3.8, 4) is 12.8 Å². The topological polar surface area (TPSA) is 0 Å². The standard InChI is InChI=1S/C2H2.2Li.2H/c1-2;;;;/h1-2H;;;;. The molecule has 2 heteroatoms. The third-order valence-electron chi connectivity index (χ3n) is 0. The molecule has 0 nitrogen and oxygen atoms in total. The van der Waals surface area contributed by atoms with Gasteiger partial charge in [0.05, 0.1) is 0 Å². The van der Waals surface area contributed by atoms with Crippen molar-refractivity contribution in [1.82, 2.24) is 0 Å². The van der Waals surface area contributed by atoms with Crippen molar-refractivity contribution in [2.45, 2.75) is 0 Å². The van der Waals surface area contributed by atoms with Crippen LogP contribution in [0.25, 0.3) is 0 Å². The Balaban J connectivity index is -0.00000000500. The SMILES string of the molecule is C#C.[LiH].[LiH]. The molecule has 0 bridgehead atoms. The molecule has 0 amide bonds. The second-order valence-corrected chi connectivity index (χ2v) is 0. The summed E-state index contributed by atoms with van der Waals surface area (Å²) in [4.78, 5) is 0. The molecule has 0 aliphatic rings. The summed E-state index contributed by atoms with van der Waals surface area (Å²) in [6.07, 6.45) is 8.00. The van der Waals surface area contributed by atoms with Crippen LogP contribution in [0.2, 0.25) is 0 Å². The summed E-state index contributed by atoms with van der Waals surface area (Å²) >= 11 is 0. The molecule has 0 aliphatic heterocycles. The van der Waals surface area contributed by atoms with Gasteiger partial charge < -0.3 is 0 Å². The third-order valence-corrected chi connectivity index (χ3v) is 0. The van der Waals surface area contributed by atoms with E-state index in [1.165, 1.54) is 0 Å². The number of terminal acetylenes is 1. The fraction of sp³-hybridized carbons (Fsp3) is 0. The molecule has 0 N–H and O–H groups in total. The zero-order valence-corrected chi connectivity index (χ0v) is 1.15. The van der Waals surface area contributed by atoms with Crippen LogP contribution < -0.4 is 0 Å². The van der Waals surface area contributed by atoms with Crippen LogP contribution in [-0.2, 0) is 0 Å². The molecule has 0 fully saturated rings. The van der Waals surface area contributed by atoms with E-state index in [0.29, 0.717) is 0 Å². The molecule has 0 radical (unpaired) electrons. The summed E-state index contributed by atoms with van der Waals surface area (Å²) in [5.41, 5.74) is 0. The first-order valence-corrected chi connectivity index (χ1v) is 0.333. The summed E-state index contributed by atoms with van der Waals surface area (Å²) in [5.74, 6) is 0. The van der Waals surface area contributed by atoms with Crippen molar-refractivity contribution in [3.63, 3.8) is 0 Å². The predicted molar refractivity (Wildman–Crippen MR) is 24.2 cm³/mol. The van der Waals surface area contributed by atoms with E-state index in [0.717, 1.165) is 0 Å². The first-order chi connectivity index (χ1) is 1.00. The van der Waals surface area contributed by atoms with Crippen molar-refractivity contribution in [1.29, 1.82) is 0 Å². The van der Waals surface area contributed by atoms with Gasteiger partial charge in [-0.1, -0.05) is 0 Å². The van der Waals surface area contributed by atoms with Crippen LogP contribution in [0.5, 0.6) is 0 Å². The molecule has 4 heavy (non-hydrogen) atoms. The Hall–Kier alpha value is 0.755. The fourth-order valence-electron chi connectivity index (χ4n) is 0. The van der Waals surface area contributed by atoms with E-state index in [1.54, 1.807) is 0 Å². The van der Waals surface area contributed by atoms with Crippen LogP contribution in [0.15, 0.2) is 0 Å². The van der Waals surface area contributed by atoms with Crippen LogP contribution in [-0.4, -0.2) is 37.7 Å². The van der Waals surface area contributed by atoms with Gasteiger partial charge in [0.25, 0.3) is 0 Å². The molecular formula is C2H4Li2. The van der Waals surface area contributed by atoms with Gasteiger partial charge in [-0.2, -0.15) is 0 Å². The number of hydrogen-bond acceptors (Lipinski definition) is 0.